The summed E-state index contributed by atoms with van der Waals surface area (Å²) in [6, 6.07) is 5.11. The topological polar surface area (TPSA) is 149 Å². The molecule has 0 radical (unpaired) electrons. The average Bonchev–Trinajstić information content (AvgIpc) is 3.50. The van der Waals surface area contributed by atoms with Crippen molar-refractivity contribution >= 4 is 41.0 Å². The molecule has 1 saturated heterocycles. The molecule has 1 unspecified atom stereocenters. The van der Waals surface area contributed by atoms with E-state index in [0.29, 0.717) is 73.8 Å². The fourth-order valence-electron chi connectivity index (χ4n) is 7.17. The van der Waals surface area contributed by atoms with Gasteiger partial charge in [-0.25, -0.2) is 9.78 Å². The molecule has 0 bridgehead atoms. The van der Waals surface area contributed by atoms with Crippen molar-refractivity contribution in [3.63, 3.8) is 0 Å². The molecule has 1 aliphatic carbocycles. The van der Waals surface area contributed by atoms with Crippen LogP contribution in [0.4, 0.5) is 27.9 Å². The third-order valence-corrected chi connectivity index (χ3v) is 9.69. The van der Waals surface area contributed by atoms with Crippen molar-refractivity contribution < 1.29 is 29.0 Å². The van der Waals surface area contributed by atoms with E-state index in [0.717, 1.165) is 31.5 Å². The van der Waals surface area contributed by atoms with Crippen LogP contribution in [-0.4, -0.2) is 95.0 Å². The fourth-order valence-corrected chi connectivity index (χ4v) is 7.17. The predicted octanol–water partition coefficient (Wildman–Crippen LogP) is 5.00. The van der Waals surface area contributed by atoms with Crippen molar-refractivity contribution in [1.29, 1.82) is 0 Å². The third kappa shape index (κ3) is 7.61. The lowest BCUT2D eigenvalue weighted by atomic mass is 9.87. The van der Waals surface area contributed by atoms with Crippen LogP contribution in [0.15, 0.2) is 24.4 Å². The highest BCUT2D eigenvalue weighted by Gasteiger charge is 2.41. The van der Waals surface area contributed by atoms with Crippen molar-refractivity contribution in [2.75, 3.05) is 49.0 Å². The van der Waals surface area contributed by atoms with Crippen LogP contribution in [0.1, 0.15) is 95.8 Å². The Bertz CT molecular complexity index is 1490. The van der Waals surface area contributed by atoms with Gasteiger partial charge >= 0.3 is 6.09 Å². The number of fused-ring (bicyclic) bond motifs is 1. The Hall–Kier alpha value is -4.13. The van der Waals surface area contributed by atoms with Crippen LogP contribution in [0, 0.1) is 0 Å². The van der Waals surface area contributed by atoms with Crippen molar-refractivity contribution in [1.82, 2.24) is 20.2 Å². The first-order valence-corrected chi connectivity index (χ1v) is 17.2. The van der Waals surface area contributed by atoms with Crippen molar-refractivity contribution in [2.45, 2.75) is 109 Å². The summed E-state index contributed by atoms with van der Waals surface area (Å²) < 4.78 is 11.3. The van der Waals surface area contributed by atoms with Gasteiger partial charge in [-0.1, -0.05) is 19.8 Å². The average molecular weight is 666 g/mol. The summed E-state index contributed by atoms with van der Waals surface area (Å²) in [5, 5.41) is 16.4. The highest BCUT2D eigenvalue weighted by atomic mass is 16.6. The van der Waals surface area contributed by atoms with Crippen molar-refractivity contribution in [3.05, 3.63) is 30.0 Å². The van der Waals surface area contributed by atoms with Gasteiger partial charge in [0, 0.05) is 43.9 Å². The number of nitrogens with zero attached hydrogens (tertiary/aromatic N) is 5. The van der Waals surface area contributed by atoms with E-state index in [9.17, 15) is 19.5 Å². The molecule has 1 saturated carbocycles. The molecule has 13 heteroatoms. The number of carbonyl (C=O) groups is 3. The molecule has 2 aliphatic heterocycles. The number of rotatable bonds is 9. The largest absolute Gasteiger partial charge is 0.495 e. The first-order valence-electron chi connectivity index (χ1n) is 17.2. The Morgan fingerprint density at radius 2 is 1.88 bits per heavy atom. The highest BCUT2D eigenvalue weighted by molar-refractivity contribution is 6.04. The lowest BCUT2D eigenvalue weighted by Gasteiger charge is -2.43. The molecule has 5 rings (SSSR count). The highest BCUT2D eigenvalue weighted by Crippen LogP contribution is 2.40. The van der Waals surface area contributed by atoms with Gasteiger partial charge in [0.05, 0.1) is 19.0 Å². The summed E-state index contributed by atoms with van der Waals surface area (Å²) in [4.78, 5) is 54.6. The molecule has 2 fully saturated rings. The Morgan fingerprint density at radius 1 is 1.12 bits per heavy atom. The molecule has 2 atom stereocenters. The molecule has 2 aromatic rings. The molecule has 3 aliphatic rings. The molecule has 3 N–H and O–H groups in total. The standard InChI is InChI=1S/C35H51N7O6/c1-7-26-31(45)40(5)27-22-36-32(38-29(27)42(26)24-11-8-9-12-24)37-25-14-13-23(21-28(25)47-6)30(44)39-35(17-20-43)15-10-18-41(19-16-35)33(46)48-34(2,3)4/h13-14,21-22,24,26,43H,7-12,15-20H2,1-6H3,(H,39,44)(H,36,37,38)/t26-,35?/m1/s1. The van der Waals surface area contributed by atoms with Crippen LogP contribution in [0.5, 0.6) is 5.75 Å². The second kappa shape index (κ2) is 14.6. The Labute approximate surface area is 283 Å². The number of carbonyl (C=O) groups excluding carboxylic acids is 3. The monoisotopic (exact) mass is 665 g/mol. The molecular formula is C35H51N7O6. The molecule has 13 nitrogen and oxygen atoms in total. The molecule has 1 aromatic heterocycles. The number of likely N-dealkylation sites (tertiary alicyclic amines) is 1. The Balaban J connectivity index is 1.33. The summed E-state index contributed by atoms with van der Waals surface area (Å²) >= 11 is 0. The van der Waals surface area contributed by atoms with E-state index in [4.69, 9.17) is 14.5 Å². The number of hydrogen-bond donors (Lipinski definition) is 3. The molecule has 0 spiro atoms. The summed E-state index contributed by atoms with van der Waals surface area (Å²) in [5.74, 6) is 1.30. The zero-order chi connectivity index (χ0) is 34.6. The van der Waals surface area contributed by atoms with Crippen LogP contribution < -0.4 is 25.2 Å². The first kappa shape index (κ1) is 35.2. The van der Waals surface area contributed by atoms with E-state index in [1.54, 1.807) is 41.2 Å². The summed E-state index contributed by atoms with van der Waals surface area (Å²) in [6.45, 7) is 8.37. The van der Waals surface area contributed by atoms with Gasteiger partial charge in [0.25, 0.3) is 5.91 Å². The molecule has 3 amide bonds. The van der Waals surface area contributed by atoms with Gasteiger partial charge in [-0.3, -0.25) is 9.59 Å². The van der Waals surface area contributed by atoms with Crippen molar-refractivity contribution in [3.8, 4) is 5.75 Å². The van der Waals surface area contributed by atoms with Crippen LogP contribution >= 0.6 is 0 Å². The number of hydrogen-bond acceptors (Lipinski definition) is 10. The SMILES string of the molecule is CC[C@@H]1C(=O)N(C)c2cnc(Nc3ccc(C(=O)NC4(CCO)CCCN(C(=O)OC(C)(C)C)CC4)cc3OC)nc2N1C1CCCC1. The minimum atomic E-state index is -0.681. The minimum Gasteiger partial charge on any atom is -0.495 e. The van der Waals surface area contributed by atoms with Crippen LogP contribution in [0.2, 0.25) is 0 Å². The molecule has 48 heavy (non-hydrogen) atoms. The molecular weight excluding hydrogens is 614 g/mol. The number of amides is 3. The minimum absolute atomic E-state index is 0.0572. The van der Waals surface area contributed by atoms with E-state index < -0.39 is 11.1 Å². The summed E-state index contributed by atoms with van der Waals surface area (Å²) in [5.41, 5.74) is 0.385. The lowest BCUT2D eigenvalue weighted by Crippen LogP contribution is -2.55. The maximum atomic E-state index is 13.6. The van der Waals surface area contributed by atoms with Gasteiger partial charge in [0.1, 0.15) is 23.1 Å². The second-order valence-electron chi connectivity index (χ2n) is 14.1. The maximum Gasteiger partial charge on any atom is 0.410 e. The van der Waals surface area contributed by atoms with Crippen molar-refractivity contribution in [2.24, 2.45) is 0 Å². The number of likely N-dealkylation sites (N-methyl/N-ethyl adjacent to an activating group) is 1. The van der Waals surface area contributed by atoms with E-state index in [1.807, 2.05) is 27.7 Å². The van der Waals surface area contributed by atoms with E-state index >= 15 is 0 Å². The summed E-state index contributed by atoms with van der Waals surface area (Å²) in [7, 11) is 3.31. The lowest BCUT2D eigenvalue weighted by molar-refractivity contribution is -0.120. The first-order chi connectivity index (χ1) is 22.9. The molecule has 1 aromatic carbocycles. The van der Waals surface area contributed by atoms with E-state index in [1.165, 1.54) is 7.11 Å². The second-order valence-corrected chi connectivity index (χ2v) is 14.1. The number of benzene rings is 1. The molecule has 262 valence electrons. The smallest absolute Gasteiger partial charge is 0.410 e. The van der Waals surface area contributed by atoms with E-state index in [2.05, 4.69) is 20.5 Å². The fraction of sp³-hybridized carbons (Fsp3) is 0.629. The number of aliphatic hydroxyl groups is 1. The number of nitrogens with one attached hydrogen (secondary N) is 2. The normalized spacial score (nSPS) is 21.9. The zero-order valence-corrected chi connectivity index (χ0v) is 29.2. The van der Waals surface area contributed by atoms with Gasteiger partial charge in [-0.2, -0.15) is 4.98 Å². The number of ether oxygens (including phenoxy) is 2. The van der Waals surface area contributed by atoms with Crippen LogP contribution in [0.25, 0.3) is 0 Å². The maximum absolute atomic E-state index is 13.6. The summed E-state index contributed by atoms with van der Waals surface area (Å²) in [6.07, 6.45) is 8.45. The van der Waals surface area contributed by atoms with Gasteiger partial charge in [-0.05, 0) is 83.9 Å². The van der Waals surface area contributed by atoms with Crippen LogP contribution in [-0.2, 0) is 9.53 Å². The molecule has 3 heterocycles. The number of aliphatic hydroxyl groups excluding tert-OH is 1. The quantitative estimate of drug-likeness (QED) is 0.334. The number of anilines is 4. The Kier molecular flexibility index (Phi) is 10.7. The van der Waals surface area contributed by atoms with Crippen LogP contribution in [0.3, 0.4) is 0 Å². The number of methoxy groups -OCH3 is 1. The number of aromatic nitrogens is 2. The van der Waals surface area contributed by atoms with Gasteiger partial charge in [-0.15, -0.1) is 0 Å². The van der Waals surface area contributed by atoms with Gasteiger partial charge in [0.15, 0.2) is 5.82 Å². The predicted molar refractivity (Wildman–Crippen MR) is 184 cm³/mol. The third-order valence-electron chi connectivity index (χ3n) is 9.69. The van der Waals surface area contributed by atoms with Gasteiger partial charge in [0.2, 0.25) is 11.9 Å². The Morgan fingerprint density at radius 3 is 2.54 bits per heavy atom. The zero-order valence-electron chi connectivity index (χ0n) is 29.2. The van der Waals surface area contributed by atoms with Gasteiger partial charge < -0.3 is 39.9 Å². The van der Waals surface area contributed by atoms with E-state index in [-0.39, 0.29) is 36.6 Å².